The van der Waals surface area contributed by atoms with Crippen LogP contribution in [-0.4, -0.2) is 17.8 Å². The van der Waals surface area contributed by atoms with Gasteiger partial charge in [0.15, 0.2) is 0 Å². The fraction of sp³-hybridized carbons (Fsp3) is 0.0909. The summed E-state index contributed by atoms with van der Waals surface area (Å²) in [6.45, 7) is 0. The minimum atomic E-state index is 0.837. The lowest BCUT2D eigenvalue weighted by atomic mass is 10.1. The first-order chi connectivity index (χ1) is 6.95. The van der Waals surface area contributed by atoms with Crippen LogP contribution < -0.4 is 0 Å². The normalized spacial score (nSPS) is 18.0. The van der Waals surface area contributed by atoms with Crippen molar-refractivity contribution < 1.29 is 0 Å². The molecule has 3 heteroatoms. The number of benzene rings is 1. The molecule has 1 aromatic carbocycles. The number of thioether (sulfide) groups is 1. The number of hydrogen-bond acceptors (Lipinski definition) is 3. The second-order valence-electron chi connectivity index (χ2n) is 3.11. The first-order valence-corrected chi connectivity index (χ1v) is 5.45. The maximum Gasteiger partial charge on any atom is 0.0898 e. The topological polar surface area (TPSA) is 24.7 Å². The van der Waals surface area contributed by atoms with E-state index in [9.17, 15) is 0 Å². The number of para-hydroxylation sites is 1. The van der Waals surface area contributed by atoms with Gasteiger partial charge in [0.2, 0.25) is 0 Å². The Morgan fingerprint density at radius 1 is 1.21 bits per heavy atom. The molecule has 0 aliphatic carbocycles. The van der Waals surface area contributed by atoms with Crippen LogP contribution in [-0.2, 0) is 0 Å². The molecule has 2 aliphatic rings. The van der Waals surface area contributed by atoms with Crippen LogP contribution >= 0.6 is 11.8 Å². The van der Waals surface area contributed by atoms with E-state index < -0.39 is 0 Å². The summed E-state index contributed by atoms with van der Waals surface area (Å²) in [5.41, 5.74) is 3.26. The number of hydrogen-bond donors (Lipinski definition) is 0. The molecule has 0 fully saturated rings. The van der Waals surface area contributed by atoms with Crippen LogP contribution in [0.25, 0.3) is 0 Å². The van der Waals surface area contributed by atoms with Crippen molar-refractivity contribution in [3.63, 3.8) is 0 Å². The van der Waals surface area contributed by atoms with Gasteiger partial charge in [-0.05, 0) is 12.1 Å². The van der Waals surface area contributed by atoms with Gasteiger partial charge in [-0.15, -0.1) is 11.8 Å². The van der Waals surface area contributed by atoms with Gasteiger partial charge in [-0.1, -0.05) is 18.2 Å². The van der Waals surface area contributed by atoms with Crippen molar-refractivity contribution in [2.45, 2.75) is 0 Å². The monoisotopic (exact) mass is 200 g/mol. The van der Waals surface area contributed by atoms with Gasteiger partial charge < -0.3 is 0 Å². The summed E-state index contributed by atoms with van der Waals surface area (Å²) in [4.78, 5) is 10.1. The number of rotatable bonds is 0. The van der Waals surface area contributed by atoms with Crippen molar-refractivity contribution in [3.05, 3.63) is 40.8 Å². The minimum absolute atomic E-state index is 0.837. The molecule has 0 saturated carbocycles. The second-order valence-corrected chi connectivity index (χ2v) is 4.09. The number of allylic oxidation sites excluding steroid dienone is 2. The Morgan fingerprint density at radius 3 is 3.14 bits per heavy atom. The van der Waals surface area contributed by atoms with Crippen LogP contribution in [0.2, 0.25) is 0 Å². The summed E-state index contributed by atoms with van der Waals surface area (Å²) in [5.74, 6) is 0.837. The molecule has 3 rings (SSSR count). The van der Waals surface area contributed by atoms with Crippen LogP contribution in [0, 0.1) is 0 Å². The van der Waals surface area contributed by atoms with Gasteiger partial charge in [-0.25, -0.2) is 0 Å². The van der Waals surface area contributed by atoms with E-state index in [1.165, 1.54) is 4.91 Å². The molecule has 2 aliphatic heterocycles. The fourth-order valence-corrected chi connectivity index (χ4v) is 2.43. The third kappa shape index (κ3) is 1.13. The molecule has 1 aromatic rings. The van der Waals surface area contributed by atoms with Crippen LogP contribution in [0.5, 0.6) is 0 Å². The van der Waals surface area contributed by atoms with Gasteiger partial charge in [-0.2, -0.15) is 0 Å². The van der Waals surface area contributed by atoms with Crippen molar-refractivity contribution in [2.24, 2.45) is 9.98 Å². The SMILES string of the molecule is C1=Nc2ccccc2C2=NCSC2=C1. The second kappa shape index (κ2) is 3.10. The van der Waals surface area contributed by atoms with E-state index in [4.69, 9.17) is 0 Å². The summed E-state index contributed by atoms with van der Waals surface area (Å²) in [5, 5.41) is 0. The van der Waals surface area contributed by atoms with Gasteiger partial charge in [0.25, 0.3) is 0 Å². The van der Waals surface area contributed by atoms with E-state index in [0.717, 1.165) is 22.8 Å². The van der Waals surface area contributed by atoms with Crippen molar-refractivity contribution in [3.8, 4) is 0 Å². The summed E-state index contributed by atoms with van der Waals surface area (Å²) in [7, 11) is 0. The van der Waals surface area contributed by atoms with E-state index >= 15 is 0 Å². The molecule has 0 unspecified atom stereocenters. The first-order valence-electron chi connectivity index (χ1n) is 4.46. The third-order valence-electron chi connectivity index (χ3n) is 2.27. The van der Waals surface area contributed by atoms with Gasteiger partial charge in [0.05, 0.1) is 17.3 Å². The molecule has 2 nitrogen and oxygen atoms in total. The highest BCUT2D eigenvalue weighted by Crippen LogP contribution is 2.33. The Bertz CT molecular complexity index is 472. The van der Waals surface area contributed by atoms with E-state index in [-0.39, 0.29) is 0 Å². The number of nitrogens with zero attached hydrogens (tertiary/aromatic N) is 2. The van der Waals surface area contributed by atoms with Crippen molar-refractivity contribution >= 4 is 29.4 Å². The molecular weight excluding hydrogens is 192 g/mol. The Labute approximate surface area is 86.5 Å². The van der Waals surface area contributed by atoms with Crippen LogP contribution in [0.1, 0.15) is 5.56 Å². The van der Waals surface area contributed by atoms with Gasteiger partial charge in [0, 0.05) is 16.7 Å². The lowest BCUT2D eigenvalue weighted by Gasteiger charge is -2.03. The fourth-order valence-electron chi connectivity index (χ4n) is 1.63. The summed E-state index contributed by atoms with van der Waals surface area (Å²) in [6.07, 6.45) is 3.89. The zero-order valence-electron chi connectivity index (χ0n) is 7.47. The average Bonchev–Trinajstić information content (AvgIpc) is 2.61. The highest BCUT2D eigenvalue weighted by atomic mass is 32.2. The van der Waals surface area contributed by atoms with E-state index in [0.29, 0.717) is 0 Å². The lowest BCUT2D eigenvalue weighted by Crippen LogP contribution is -1.97. The zero-order valence-corrected chi connectivity index (χ0v) is 8.29. The molecule has 0 aromatic heterocycles. The summed E-state index contributed by atoms with van der Waals surface area (Å²) in [6, 6.07) is 8.14. The number of fused-ring (bicyclic) bond motifs is 3. The molecule has 0 N–H and O–H groups in total. The third-order valence-corrected chi connectivity index (χ3v) is 3.17. The quantitative estimate of drug-likeness (QED) is 0.632. The predicted molar refractivity (Wildman–Crippen MR) is 61.7 cm³/mol. The minimum Gasteiger partial charge on any atom is -0.272 e. The van der Waals surface area contributed by atoms with Crippen molar-refractivity contribution in [2.75, 3.05) is 5.88 Å². The highest BCUT2D eigenvalue weighted by molar-refractivity contribution is 8.04. The first kappa shape index (κ1) is 8.00. The zero-order chi connectivity index (χ0) is 9.38. The maximum absolute atomic E-state index is 4.49. The molecule has 0 bridgehead atoms. The highest BCUT2D eigenvalue weighted by Gasteiger charge is 2.19. The Kier molecular flexibility index (Phi) is 1.77. The van der Waals surface area contributed by atoms with Gasteiger partial charge in [-0.3, -0.25) is 9.98 Å². The van der Waals surface area contributed by atoms with Crippen LogP contribution in [0.3, 0.4) is 0 Å². The van der Waals surface area contributed by atoms with Gasteiger partial charge in [0.1, 0.15) is 0 Å². The molecule has 0 saturated heterocycles. The summed E-state index contributed by atoms with van der Waals surface area (Å²) < 4.78 is 0. The van der Waals surface area contributed by atoms with Crippen molar-refractivity contribution in [1.29, 1.82) is 0 Å². The maximum atomic E-state index is 4.49. The average molecular weight is 200 g/mol. The van der Waals surface area contributed by atoms with E-state index in [2.05, 4.69) is 16.1 Å². The molecule has 2 heterocycles. The van der Waals surface area contributed by atoms with E-state index in [1.807, 2.05) is 30.5 Å². The standard InChI is InChI=1S/C11H8N2S/c1-2-4-9-8(3-1)11-10(5-6-12-9)14-7-13-11/h1-6H,7H2. The number of aliphatic imine (C=N–C) groups is 2. The van der Waals surface area contributed by atoms with Crippen LogP contribution in [0.4, 0.5) is 5.69 Å². The molecular formula is C11H8N2S. The van der Waals surface area contributed by atoms with Crippen LogP contribution in [0.15, 0.2) is 45.2 Å². The molecule has 0 amide bonds. The summed E-state index contributed by atoms with van der Waals surface area (Å²) >= 11 is 1.77. The van der Waals surface area contributed by atoms with Gasteiger partial charge >= 0.3 is 0 Å². The molecule has 68 valence electrons. The molecule has 0 radical (unpaired) electrons. The Balaban J connectivity index is 2.26. The largest absolute Gasteiger partial charge is 0.272 e. The lowest BCUT2D eigenvalue weighted by molar-refractivity contribution is 1.39. The Morgan fingerprint density at radius 2 is 2.14 bits per heavy atom. The van der Waals surface area contributed by atoms with Crippen molar-refractivity contribution in [1.82, 2.24) is 0 Å². The Hall–Kier alpha value is -1.35. The molecule has 0 atom stereocenters. The molecule has 0 spiro atoms. The predicted octanol–water partition coefficient (Wildman–Crippen LogP) is 2.78. The van der Waals surface area contributed by atoms with E-state index in [1.54, 1.807) is 11.8 Å². The smallest absolute Gasteiger partial charge is 0.0898 e. The molecule has 14 heavy (non-hydrogen) atoms.